The Morgan fingerprint density at radius 3 is 2.47 bits per heavy atom. The van der Waals surface area contributed by atoms with Gasteiger partial charge in [-0.2, -0.15) is 0 Å². The fourth-order valence-corrected chi connectivity index (χ4v) is 1.63. The molecule has 1 N–H and O–H groups in total. The summed E-state index contributed by atoms with van der Waals surface area (Å²) in [4.78, 5) is 11.4. The third-order valence-corrected chi connectivity index (χ3v) is 2.32. The first-order valence-electron chi connectivity index (χ1n) is 5.35. The Morgan fingerprint density at radius 1 is 1.35 bits per heavy atom. The van der Waals surface area contributed by atoms with Crippen molar-refractivity contribution < 1.29 is 19.4 Å². The fourth-order valence-electron chi connectivity index (χ4n) is 1.63. The van der Waals surface area contributed by atoms with E-state index < -0.39 is 11.6 Å². The SMILES string of the molecule is COC(=O)c1ccc(OC)c(CC(C)(C)O)c1. The number of ether oxygens (including phenoxy) is 2. The minimum atomic E-state index is -0.859. The van der Waals surface area contributed by atoms with E-state index in [1.165, 1.54) is 7.11 Å². The number of hydrogen-bond donors (Lipinski definition) is 1. The molecule has 1 aromatic rings. The average molecular weight is 238 g/mol. The van der Waals surface area contributed by atoms with E-state index >= 15 is 0 Å². The van der Waals surface area contributed by atoms with Gasteiger partial charge in [0.05, 0.1) is 25.4 Å². The zero-order chi connectivity index (χ0) is 13.1. The van der Waals surface area contributed by atoms with Crippen molar-refractivity contribution in [1.82, 2.24) is 0 Å². The molecule has 0 fully saturated rings. The molecule has 0 unspecified atom stereocenters. The van der Waals surface area contributed by atoms with E-state index in [9.17, 15) is 9.90 Å². The maximum absolute atomic E-state index is 11.4. The van der Waals surface area contributed by atoms with Gasteiger partial charge < -0.3 is 14.6 Å². The molecule has 0 aliphatic carbocycles. The molecule has 17 heavy (non-hydrogen) atoms. The molecule has 0 saturated carbocycles. The lowest BCUT2D eigenvalue weighted by Gasteiger charge is -2.19. The highest BCUT2D eigenvalue weighted by Crippen LogP contribution is 2.24. The summed E-state index contributed by atoms with van der Waals surface area (Å²) in [7, 11) is 2.89. The van der Waals surface area contributed by atoms with Gasteiger partial charge in [-0.05, 0) is 37.6 Å². The molecule has 0 spiro atoms. The van der Waals surface area contributed by atoms with Gasteiger partial charge in [-0.25, -0.2) is 4.79 Å². The van der Waals surface area contributed by atoms with Crippen molar-refractivity contribution in [2.24, 2.45) is 0 Å². The van der Waals surface area contributed by atoms with Gasteiger partial charge in [0.1, 0.15) is 5.75 Å². The number of aliphatic hydroxyl groups is 1. The van der Waals surface area contributed by atoms with Crippen molar-refractivity contribution in [2.45, 2.75) is 25.9 Å². The van der Waals surface area contributed by atoms with Crippen LogP contribution in [0.4, 0.5) is 0 Å². The number of benzene rings is 1. The summed E-state index contributed by atoms with van der Waals surface area (Å²) >= 11 is 0. The van der Waals surface area contributed by atoms with Crippen LogP contribution < -0.4 is 4.74 Å². The van der Waals surface area contributed by atoms with Crippen molar-refractivity contribution in [2.75, 3.05) is 14.2 Å². The van der Waals surface area contributed by atoms with E-state index in [0.717, 1.165) is 5.56 Å². The van der Waals surface area contributed by atoms with Crippen LogP contribution in [0, 0.1) is 0 Å². The summed E-state index contributed by atoms with van der Waals surface area (Å²) in [5, 5.41) is 9.81. The van der Waals surface area contributed by atoms with Crippen LogP contribution in [0.25, 0.3) is 0 Å². The zero-order valence-electron chi connectivity index (χ0n) is 10.6. The number of methoxy groups -OCH3 is 2. The molecule has 1 rings (SSSR count). The number of carbonyl (C=O) groups excluding carboxylic acids is 1. The summed E-state index contributed by atoms with van der Waals surface area (Å²) in [6.45, 7) is 3.41. The largest absolute Gasteiger partial charge is 0.496 e. The van der Waals surface area contributed by atoms with E-state index in [1.54, 1.807) is 39.2 Å². The molecule has 1 aromatic carbocycles. The number of esters is 1. The first kappa shape index (κ1) is 13.5. The van der Waals surface area contributed by atoms with Crippen molar-refractivity contribution in [3.05, 3.63) is 29.3 Å². The minimum absolute atomic E-state index is 0.398. The quantitative estimate of drug-likeness (QED) is 0.813. The number of carbonyl (C=O) groups is 1. The third kappa shape index (κ3) is 3.75. The summed E-state index contributed by atoms with van der Waals surface area (Å²) < 4.78 is 9.85. The van der Waals surface area contributed by atoms with Crippen LogP contribution in [0.2, 0.25) is 0 Å². The molecule has 0 aliphatic rings. The van der Waals surface area contributed by atoms with Gasteiger partial charge in [-0.15, -0.1) is 0 Å². The Kier molecular flexibility index (Phi) is 4.12. The van der Waals surface area contributed by atoms with Crippen LogP contribution >= 0.6 is 0 Å². The maximum atomic E-state index is 11.4. The van der Waals surface area contributed by atoms with Crippen LogP contribution in [0.15, 0.2) is 18.2 Å². The van der Waals surface area contributed by atoms with Crippen LogP contribution in [0.3, 0.4) is 0 Å². The number of hydrogen-bond acceptors (Lipinski definition) is 4. The van der Waals surface area contributed by atoms with Crippen LogP contribution in [-0.4, -0.2) is 30.9 Å². The van der Waals surface area contributed by atoms with Crippen molar-refractivity contribution in [3.63, 3.8) is 0 Å². The average Bonchev–Trinajstić information content (AvgIpc) is 2.25. The monoisotopic (exact) mass is 238 g/mol. The van der Waals surface area contributed by atoms with E-state index in [2.05, 4.69) is 4.74 Å². The molecule has 0 amide bonds. The lowest BCUT2D eigenvalue weighted by Crippen LogP contribution is -2.22. The Morgan fingerprint density at radius 2 is 2.00 bits per heavy atom. The van der Waals surface area contributed by atoms with Crippen LogP contribution in [0.5, 0.6) is 5.75 Å². The van der Waals surface area contributed by atoms with E-state index in [0.29, 0.717) is 17.7 Å². The Balaban J connectivity index is 3.11. The fraction of sp³-hybridized carbons (Fsp3) is 0.462. The Hall–Kier alpha value is -1.55. The summed E-state index contributed by atoms with van der Waals surface area (Å²) in [6, 6.07) is 5.02. The molecule has 4 heteroatoms. The molecule has 0 aliphatic heterocycles. The van der Waals surface area contributed by atoms with E-state index in [-0.39, 0.29) is 0 Å². The van der Waals surface area contributed by atoms with Gasteiger partial charge in [0, 0.05) is 6.42 Å². The molecule has 0 radical (unpaired) electrons. The molecule has 0 saturated heterocycles. The summed E-state index contributed by atoms with van der Waals surface area (Å²) in [5.74, 6) is 0.254. The molecule has 0 heterocycles. The first-order chi connectivity index (χ1) is 7.87. The second-order valence-electron chi connectivity index (χ2n) is 4.51. The van der Waals surface area contributed by atoms with Gasteiger partial charge >= 0.3 is 5.97 Å². The molecule has 0 aromatic heterocycles. The van der Waals surface area contributed by atoms with E-state index in [4.69, 9.17) is 4.74 Å². The maximum Gasteiger partial charge on any atom is 0.337 e. The third-order valence-electron chi connectivity index (χ3n) is 2.32. The minimum Gasteiger partial charge on any atom is -0.496 e. The molecule has 0 atom stereocenters. The van der Waals surface area contributed by atoms with Crippen LogP contribution in [-0.2, 0) is 11.2 Å². The molecule has 94 valence electrons. The molecule has 4 nitrogen and oxygen atoms in total. The molecular formula is C13H18O4. The summed E-state index contributed by atoms with van der Waals surface area (Å²) in [5.41, 5.74) is 0.373. The van der Waals surface area contributed by atoms with Gasteiger partial charge in [0.15, 0.2) is 0 Å². The first-order valence-corrected chi connectivity index (χ1v) is 5.35. The normalized spacial score (nSPS) is 11.1. The highest BCUT2D eigenvalue weighted by atomic mass is 16.5. The van der Waals surface area contributed by atoms with Gasteiger partial charge in [0.2, 0.25) is 0 Å². The standard InChI is InChI=1S/C13H18O4/c1-13(2,15)8-10-7-9(12(14)17-4)5-6-11(10)16-3/h5-7,15H,8H2,1-4H3. The highest BCUT2D eigenvalue weighted by molar-refractivity contribution is 5.89. The lowest BCUT2D eigenvalue weighted by molar-refractivity contribution is 0.0598. The van der Waals surface area contributed by atoms with Gasteiger partial charge in [0.25, 0.3) is 0 Å². The number of rotatable bonds is 4. The Bertz CT molecular complexity index is 404. The van der Waals surface area contributed by atoms with Gasteiger partial charge in [-0.3, -0.25) is 0 Å². The van der Waals surface area contributed by atoms with Crippen molar-refractivity contribution >= 4 is 5.97 Å². The second kappa shape index (κ2) is 5.19. The van der Waals surface area contributed by atoms with E-state index in [1.807, 2.05) is 0 Å². The molecular weight excluding hydrogens is 220 g/mol. The van der Waals surface area contributed by atoms with Crippen molar-refractivity contribution in [1.29, 1.82) is 0 Å². The van der Waals surface area contributed by atoms with Crippen LogP contribution in [0.1, 0.15) is 29.8 Å². The highest BCUT2D eigenvalue weighted by Gasteiger charge is 2.18. The lowest BCUT2D eigenvalue weighted by atomic mass is 9.96. The van der Waals surface area contributed by atoms with Gasteiger partial charge in [-0.1, -0.05) is 0 Å². The second-order valence-corrected chi connectivity index (χ2v) is 4.51. The molecule has 0 bridgehead atoms. The van der Waals surface area contributed by atoms with Crippen molar-refractivity contribution in [3.8, 4) is 5.75 Å². The summed E-state index contributed by atoms with van der Waals surface area (Å²) in [6.07, 6.45) is 0.404. The zero-order valence-corrected chi connectivity index (χ0v) is 10.6. The topological polar surface area (TPSA) is 55.8 Å². The smallest absolute Gasteiger partial charge is 0.337 e. The predicted molar refractivity (Wildman–Crippen MR) is 64.3 cm³/mol. The Labute approximate surface area is 101 Å². The predicted octanol–water partition coefficient (Wildman–Crippen LogP) is 1.80.